The Balaban J connectivity index is 2.62. The van der Waals surface area contributed by atoms with Crippen LogP contribution in [0.15, 0.2) is 18.2 Å². The molecule has 6 nitrogen and oxygen atoms in total. The normalized spacial score (nSPS) is 13.5. The minimum absolute atomic E-state index is 0.0209. The highest BCUT2D eigenvalue weighted by Gasteiger charge is 2.30. The van der Waals surface area contributed by atoms with Crippen LogP contribution in [0.3, 0.4) is 0 Å². The van der Waals surface area contributed by atoms with E-state index in [0.717, 1.165) is 6.92 Å². The van der Waals surface area contributed by atoms with Gasteiger partial charge in [-0.3, -0.25) is 0 Å². The highest BCUT2D eigenvalue weighted by molar-refractivity contribution is 5.90. The number of aliphatic hydroxyl groups is 1. The first-order valence-electron chi connectivity index (χ1n) is 5.50. The van der Waals surface area contributed by atoms with Gasteiger partial charge < -0.3 is 20.8 Å². The number of carbonyl (C=O) groups is 2. The maximum Gasteiger partial charge on any atom is 0.337 e. The number of benzene rings is 1. The summed E-state index contributed by atoms with van der Waals surface area (Å²) < 4.78 is 13.6. The highest BCUT2D eigenvalue weighted by atomic mass is 19.1. The first-order valence-corrected chi connectivity index (χ1v) is 5.50. The van der Waals surface area contributed by atoms with Crippen LogP contribution in [-0.4, -0.2) is 34.4 Å². The van der Waals surface area contributed by atoms with Gasteiger partial charge in [-0.1, -0.05) is 12.1 Å². The van der Waals surface area contributed by atoms with E-state index in [1.54, 1.807) is 19.1 Å². The van der Waals surface area contributed by atoms with Crippen molar-refractivity contribution in [1.29, 1.82) is 0 Å². The minimum Gasteiger partial charge on any atom is -0.479 e. The molecule has 1 rings (SSSR count). The summed E-state index contributed by atoms with van der Waals surface area (Å²) in [5, 5.41) is 22.4. The second-order valence-corrected chi connectivity index (χ2v) is 4.32. The smallest absolute Gasteiger partial charge is 0.337 e. The summed E-state index contributed by atoms with van der Waals surface area (Å²) in [5.74, 6) is -2.03. The van der Waals surface area contributed by atoms with Gasteiger partial charge in [-0.15, -0.1) is 0 Å². The van der Waals surface area contributed by atoms with Gasteiger partial charge in [0.1, 0.15) is 5.82 Å². The van der Waals surface area contributed by atoms with Crippen LogP contribution in [-0.2, 0) is 4.79 Å². The molecule has 0 aliphatic carbocycles. The number of anilines is 1. The van der Waals surface area contributed by atoms with E-state index in [1.165, 1.54) is 6.07 Å². The molecule has 1 aromatic rings. The van der Waals surface area contributed by atoms with Gasteiger partial charge in [0.2, 0.25) is 0 Å². The lowest BCUT2D eigenvalue weighted by Crippen LogP contribution is -2.47. The van der Waals surface area contributed by atoms with E-state index in [9.17, 15) is 19.1 Å². The quantitative estimate of drug-likeness (QED) is 0.658. The van der Waals surface area contributed by atoms with Gasteiger partial charge in [0.25, 0.3) is 0 Å². The van der Waals surface area contributed by atoms with E-state index in [1.807, 2.05) is 0 Å². The summed E-state index contributed by atoms with van der Waals surface area (Å²) in [4.78, 5) is 22.1. The average Bonchev–Trinajstić information content (AvgIpc) is 2.32. The number of hydrogen-bond acceptors (Lipinski definition) is 3. The van der Waals surface area contributed by atoms with Crippen molar-refractivity contribution >= 4 is 17.7 Å². The Morgan fingerprint density at radius 3 is 2.63 bits per heavy atom. The van der Waals surface area contributed by atoms with Gasteiger partial charge >= 0.3 is 12.0 Å². The van der Waals surface area contributed by atoms with Crippen LogP contribution in [0.1, 0.15) is 12.5 Å². The van der Waals surface area contributed by atoms with E-state index in [2.05, 4.69) is 10.6 Å². The Hall–Kier alpha value is -2.15. The van der Waals surface area contributed by atoms with Gasteiger partial charge in [0.15, 0.2) is 5.60 Å². The SMILES string of the molecule is Cc1cccc(NC(=O)NCC(C)(O)C(=O)O)c1F. The number of nitrogens with one attached hydrogen (secondary N) is 2. The van der Waals surface area contributed by atoms with Gasteiger partial charge in [-0.25, -0.2) is 14.0 Å². The Morgan fingerprint density at radius 2 is 2.05 bits per heavy atom. The molecule has 1 aromatic carbocycles. The van der Waals surface area contributed by atoms with Crippen molar-refractivity contribution in [2.45, 2.75) is 19.4 Å². The van der Waals surface area contributed by atoms with Gasteiger partial charge in [0.05, 0.1) is 12.2 Å². The zero-order valence-corrected chi connectivity index (χ0v) is 10.5. The fourth-order valence-corrected chi connectivity index (χ4v) is 1.24. The van der Waals surface area contributed by atoms with E-state index in [4.69, 9.17) is 5.11 Å². The second kappa shape index (κ2) is 5.66. The van der Waals surface area contributed by atoms with Crippen molar-refractivity contribution < 1.29 is 24.2 Å². The summed E-state index contributed by atoms with van der Waals surface area (Å²) in [5.41, 5.74) is -1.73. The van der Waals surface area contributed by atoms with Crippen LogP contribution in [0.25, 0.3) is 0 Å². The van der Waals surface area contributed by atoms with Gasteiger partial charge in [-0.05, 0) is 25.5 Å². The van der Waals surface area contributed by atoms with Crippen molar-refractivity contribution in [2.24, 2.45) is 0 Å². The number of amides is 2. The van der Waals surface area contributed by atoms with Crippen LogP contribution in [0.4, 0.5) is 14.9 Å². The zero-order chi connectivity index (χ0) is 14.6. The Labute approximate surface area is 109 Å². The number of urea groups is 1. The second-order valence-electron chi connectivity index (χ2n) is 4.32. The lowest BCUT2D eigenvalue weighted by Gasteiger charge is -2.18. The maximum absolute atomic E-state index is 13.6. The largest absolute Gasteiger partial charge is 0.479 e. The molecule has 104 valence electrons. The van der Waals surface area contributed by atoms with E-state index >= 15 is 0 Å². The maximum atomic E-state index is 13.6. The molecule has 0 aliphatic rings. The van der Waals surface area contributed by atoms with Crippen molar-refractivity contribution in [2.75, 3.05) is 11.9 Å². The summed E-state index contributed by atoms with van der Waals surface area (Å²) in [6, 6.07) is 3.69. The molecule has 19 heavy (non-hydrogen) atoms. The average molecular weight is 270 g/mol. The molecule has 0 heterocycles. The number of aryl methyl sites for hydroxylation is 1. The third-order valence-corrected chi connectivity index (χ3v) is 2.49. The zero-order valence-electron chi connectivity index (χ0n) is 10.5. The van der Waals surface area contributed by atoms with Crippen molar-refractivity contribution in [3.63, 3.8) is 0 Å². The molecule has 0 saturated heterocycles. The molecule has 0 aromatic heterocycles. The van der Waals surface area contributed by atoms with Gasteiger partial charge in [0, 0.05) is 0 Å². The standard InChI is InChI=1S/C12H15FN2O4/c1-7-4-3-5-8(9(7)13)15-11(18)14-6-12(2,19)10(16)17/h3-5,19H,6H2,1-2H3,(H,16,17)(H2,14,15,18). The number of hydrogen-bond donors (Lipinski definition) is 4. The molecule has 2 amide bonds. The highest BCUT2D eigenvalue weighted by Crippen LogP contribution is 2.16. The molecule has 0 bridgehead atoms. The first kappa shape index (κ1) is 14.9. The Bertz CT molecular complexity index is 503. The first-order chi connectivity index (χ1) is 8.74. The lowest BCUT2D eigenvalue weighted by molar-refractivity contribution is -0.155. The third-order valence-electron chi connectivity index (χ3n) is 2.49. The van der Waals surface area contributed by atoms with Crippen LogP contribution in [0, 0.1) is 12.7 Å². The Kier molecular flexibility index (Phi) is 4.44. The monoisotopic (exact) mass is 270 g/mol. The number of rotatable bonds is 4. The van der Waals surface area contributed by atoms with Crippen LogP contribution >= 0.6 is 0 Å². The molecule has 0 radical (unpaired) electrons. The van der Waals surface area contributed by atoms with E-state index in [-0.39, 0.29) is 5.69 Å². The van der Waals surface area contributed by atoms with Crippen molar-refractivity contribution in [1.82, 2.24) is 5.32 Å². The number of carboxylic acid groups (broad SMARTS) is 1. The lowest BCUT2D eigenvalue weighted by atomic mass is 10.1. The number of carbonyl (C=O) groups excluding carboxylic acids is 1. The molecular weight excluding hydrogens is 255 g/mol. The van der Waals surface area contributed by atoms with Crippen molar-refractivity contribution in [3.8, 4) is 0 Å². The molecule has 0 aliphatic heterocycles. The van der Waals surface area contributed by atoms with E-state index in [0.29, 0.717) is 5.56 Å². The topological polar surface area (TPSA) is 98.7 Å². The fraction of sp³-hybridized carbons (Fsp3) is 0.333. The predicted molar refractivity (Wildman–Crippen MR) is 66.4 cm³/mol. The van der Waals surface area contributed by atoms with E-state index < -0.39 is 30.0 Å². The van der Waals surface area contributed by atoms with Crippen molar-refractivity contribution in [3.05, 3.63) is 29.6 Å². The molecule has 1 atom stereocenters. The molecule has 0 saturated carbocycles. The number of halogens is 1. The molecule has 7 heteroatoms. The molecule has 0 fully saturated rings. The molecule has 1 unspecified atom stereocenters. The number of aliphatic carboxylic acids is 1. The van der Waals surface area contributed by atoms with Crippen LogP contribution in [0.2, 0.25) is 0 Å². The summed E-state index contributed by atoms with van der Waals surface area (Å²) in [7, 11) is 0. The summed E-state index contributed by atoms with van der Waals surface area (Å²) >= 11 is 0. The van der Waals surface area contributed by atoms with Crippen LogP contribution in [0.5, 0.6) is 0 Å². The number of carboxylic acids is 1. The van der Waals surface area contributed by atoms with Gasteiger partial charge in [-0.2, -0.15) is 0 Å². The summed E-state index contributed by atoms with van der Waals surface area (Å²) in [6.45, 7) is 2.10. The van der Waals surface area contributed by atoms with Crippen LogP contribution < -0.4 is 10.6 Å². The Morgan fingerprint density at radius 1 is 1.42 bits per heavy atom. The minimum atomic E-state index is -2.08. The molecular formula is C12H15FN2O4. The summed E-state index contributed by atoms with van der Waals surface area (Å²) in [6.07, 6.45) is 0. The predicted octanol–water partition coefficient (Wildman–Crippen LogP) is 1.09. The molecule has 0 spiro atoms. The fourth-order valence-electron chi connectivity index (χ4n) is 1.24. The molecule has 4 N–H and O–H groups in total. The third kappa shape index (κ3) is 3.92.